The molecule has 0 spiro atoms. The van der Waals surface area contributed by atoms with E-state index in [0.29, 0.717) is 5.02 Å². The molecule has 0 saturated heterocycles. The predicted octanol–water partition coefficient (Wildman–Crippen LogP) is 2.91. The van der Waals surface area contributed by atoms with Crippen LogP contribution < -0.4 is 15.5 Å². The molecule has 114 valence electrons. The van der Waals surface area contributed by atoms with Crippen molar-refractivity contribution in [2.45, 2.75) is 0 Å². The minimum atomic E-state index is -0.243. The zero-order chi connectivity index (χ0) is 15.8. The molecule has 0 aliphatic rings. The maximum Gasteiger partial charge on any atom is 0.259 e. The van der Waals surface area contributed by atoms with E-state index in [0.717, 1.165) is 17.0 Å². The highest BCUT2D eigenvalue weighted by atomic mass is 35.5. The highest BCUT2D eigenvalue weighted by Crippen LogP contribution is 2.16. The Labute approximate surface area is 133 Å². The number of nitrogens with zero attached hydrogens (tertiary/aromatic N) is 1. The van der Waals surface area contributed by atoms with Gasteiger partial charge in [0.05, 0.1) is 19.9 Å². The molecule has 0 saturated carbocycles. The van der Waals surface area contributed by atoms with Crippen molar-refractivity contribution in [3.8, 4) is 5.75 Å². The number of amides is 1. The third kappa shape index (κ3) is 5.10. The number of hydrogen-bond donors (Lipinski definition) is 2. The van der Waals surface area contributed by atoms with Crippen LogP contribution in [0.2, 0.25) is 5.02 Å². The number of anilines is 1. The first-order valence-corrected chi connectivity index (χ1v) is 7.00. The topological polar surface area (TPSA) is 62.7 Å². The Morgan fingerprint density at radius 2 is 2.05 bits per heavy atom. The summed E-state index contributed by atoms with van der Waals surface area (Å²) >= 11 is 5.79. The molecule has 22 heavy (non-hydrogen) atoms. The van der Waals surface area contributed by atoms with E-state index in [1.54, 1.807) is 25.5 Å². The van der Waals surface area contributed by atoms with Gasteiger partial charge in [0.2, 0.25) is 0 Å². The highest BCUT2D eigenvalue weighted by Gasteiger charge is 2.00. The summed E-state index contributed by atoms with van der Waals surface area (Å²) in [5.74, 6) is 0.485. The molecule has 2 N–H and O–H groups in total. The number of hydrogen-bond acceptors (Lipinski definition) is 4. The first-order chi connectivity index (χ1) is 10.7. The van der Waals surface area contributed by atoms with Crippen LogP contribution in [-0.4, -0.2) is 25.8 Å². The van der Waals surface area contributed by atoms with Crippen LogP contribution in [0.5, 0.6) is 5.75 Å². The van der Waals surface area contributed by atoms with E-state index >= 15 is 0 Å². The molecule has 0 unspecified atom stereocenters. The zero-order valence-electron chi connectivity index (χ0n) is 12.0. The quantitative estimate of drug-likeness (QED) is 0.636. The molecule has 2 aromatic carbocycles. The Morgan fingerprint density at radius 1 is 1.27 bits per heavy atom. The molecule has 6 heteroatoms. The maximum atomic E-state index is 11.7. The van der Waals surface area contributed by atoms with Crippen molar-refractivity contribution in [2.24, 2.45) is 5.10 Å². The van der Waals surface area contributed by atoms with Crippen LogP contribution in [-0.2, 0) is 4.79 Å². The van der Waals surface area contributed by atoms with E-state index in [4.69, 9.17) is 16.3 Å². The highest BCUT2D eigenvalue weighted by molar-refractivity contribution is 6.30. The van der Waals surface area contributed by atoms with Gasteiger partial charge in [0.15, 0.2) is 0 Å². The van der Waals surface area contributed by atoms with Gasteiger partial charge in [0, 0.05) is 16.8 Å². The van der Waals surface area contributed by atoms with Crippen molar-refractivity contribution < 1.29 is 9.53 Å². The first-order valence-electron chi connectivity index (χ1n) is 6.63. The van der Waals surface area contributed by atoms with Gasteiger partial charge in [-0.2, -0.15) is 5.10 Å². The van der Waals surface area contributed by atoms with Gasteiger partial charge >= 0.3 is 0 Å². The van der Waals surface area contributed by atoms with Crippen LogP contribution >= 0.6 is 11.6 Å². The largest absolute Gasteiger partial charge is 0.497 e. The molecule has 1 amide bonds. The standard InChI is InChI=1S/C16H16ClN3O2/c1-22-15-4-2-3-14(9-15)18-11-16(21)20-19-10-12-5-7-13(17)8-6-12/h2-10,18H,11H2,1H3,(H,20,21)/b19-10-. The van der Waals surface area contributed by atoms with Gasteiger partial charge < -0.3 is 10.1 Å². The lowest BCUT2D eigenvalue weighted by molar-refractivity contribution is -0.119. The second-order valence-electron chi connectivity index (χ2n) is 4.43. The van der Waals surface area contributed by atoms with E-state index in [9.17, 15) is 4.79 Å². The van der Waals surface area contributed by atoms with Crippen molar-refractivity contribution in [1.82, 2.24) is 5.43 Å². The molecule has 0 bridgehead atoms. The number of rotatable bonds is 6. The summed E-state index contributed by atoms with van der Waals surface area (Å²) in [6, 6.07) is 14.5. The predicted molar refractivity (Wildman–Crippen MR) is 88.7 cm³/mol. The van der Waals surface area contributed by atoms with Crippen molar-refractivity contribution in [3.63, 3.8) is 0 Å². The number of carbonyl (C=O) groups is 1. The average Bonchev–Trinajstić information content (AvgIpc) is 2.55. The summed E-state index contributed by atoms with van der Waals surface area (Å²) in [5.41, 5.74) is 4.10. The fourth-order valence-corrected chi connectivity index (χ4v) is 1.81. The van der Waals surface area contributed by atoms with Gasteiger partial charge in [-0.25, -0.2) is 5.43 Å². The van der Waals surface area contributed by atoms with E-state index in [1.807, 2.05) is 36.4 Å². The van der Waals surface area contributed by atoms with Gasteiger partial charge in [-0.3, -0.25) is 4.79 Å². The smallest absolute Gasteiger partial charge is 0.259 e. The molecular formula is C16H16ClN3O2. The zero-order valence-corrected chi connectivity index (χ0v) is 12.8. The SMILES string of the molecule is COc1cccc(NCC(=O)N/N=C\c2ccc(Cl)cc2)c1. The van der Waals surface area contributed by atoms with Gasteiger partial charge in [-0.1, -0.05) is 29.8 Å². The number of halogens is 1. The summed E-state index contributed by atoms with van der Waals surface area (Å²) in [5, 5.41) is 7.53. The lowest BCUT2D eigenvalue weighted by atomic mass is 10.2. The minimum absolute atomic E-state index is 0.116. The van der Waals surface area contributed by atoms with Crippen molar-refractivity contribution in [3.05, 3.63) is 59.1 Å². The van der Waals surface area contributed by atoms with Crippen molar-refractivity contribution in [1.29, 1.82) is 0 Å². The monoisotopic (exact) mass is 317 g/mol. The Kier molecular flexibility index (Phi) is 5.80. The fraction of sp³-hybridized carbons (Fsp3) is 0.125. The maximum absolute atomic E-state index is 11.7. The molecule has 0 aliphatic heterocycles. The van der Waals surface area contributed by atoms with Gasteiger partial charge in [0.1, 0.15) is 5.75 Å². The molecule has 0 aromatic heterocycles. The third-order valence-corrected chi connectivity index (χ3v) is 3.05. The Bertz CT molecular complexity index is 657. The molecule has 0 fully saturated rings. The van der Waals surface area contributed by atoms with Gasteiger partial charge in [0.25, 0.3) is 5.91 Å². The number of benzene rings is 2. The summed E-state index contributed by atoms with van der Waals surface area (Å²) in [7, 11) is 1.59. The molecule has 0 radical (unpaired) electrons. The molecule has 2 aromatic rings. The van der Waals surface area contributed by atoms with Crippen LogP contribution in [0.4, 0.5) is 5.69 Å². The van der Waals surface area contributed by atoms with Gasteiger partial charge in [-0.15, -0.1) is 0 Å². The number of hydrazone groups is 1. The molecule has 0 atom stereocenters. The van der Waals surface area contributed by atoms with E-state index in [1.165, 1.54) is 0 Å². The van der Waals surface area contributed by atoms with Crippen LogP contribution in [0, 0.1) is 0 Å². The van der Waals surface area contributed by atoms with Gasteiger partial charge in [-0.05, 0) is 29.8 Å². The second-order valence-corrected chi connectivity index (χ2v) is 4.87. The molecule has 0 heterocycles. The van der Waals surface area contributed by atoms with Crippen LogP contribution in [0.15, 0.2) is 53.6 Å². The average molecular weight is 318 g/mol. The van der Waals surface area contributed by atoms with Crippen LogP contribution in [0.25, 0.3) is 0 Å². The van der Waals surface area contributed by atoms with E-state index < -0.39 is 0 Å². The number of ether oxygens (including phenoxy) is 1. The normalized spacial score (nSPS) is 10.5. The fourth-order valence-electron chi connectivity index (χ4n) is 1.68. The molecule has 0 aliphatic carbocycles. The molecule has 2 rings (SSSR count). The molecule has 5 nitrogen and oxygen atoms in total. The van der Waals surface area contributed by atoms with Crippen molar-refractivity contribution in [2.75, 3.05) is 19.0 Å². The van der Waals surface area contributed by atoms with Crippen LogP contribution in [0.1, 0.15) is 5.56 Å². The number of nitrogens with one attached hydrogen (secondary N) is 2. The number of carbonyl (C=O) groups excluding carboxylic acids is 1. The summed E-state index contributed by atoms with van der Waals surface area (Å²) in [6.07, 6.45) is 1.56. The summed E-state index contributed by atoms with van der Waals surface area (Å²) in [6.45, 7) is 0.116. The van der Waals surface area contributed by atoms with E-state index in [-0.39, 0.29) is 12.5 Å². The Hall–Kier alpha value is -2.53. The molecular weight excluding hydrogens is 302 g/mol. The summed E-state index contributed by atoms with van der Waals surface area (Å²) in [4.78, 5) is 11.7. The number of methoxy groups -OCH3 is 1. The van der Waals surface area contributed by atoms with Crippen LogP contribution in [0.3, 0.4) is 0 Å². The lowest BCUT2D eigenvalue weighted by Gasteiger charge is -2.06. The Morgan fingerprint density at radius 3 is 2.77 bits per heavy atom. The lowest BCUT2D eigenvalue weighted by Crippen LogP contribution is -2.25. The minimum Gasteiger partial charge on any atom is -0.497 e. The summed E-state index contributed by atoms with van der Waals surface area (Å²) < 4.78 is 5.11. The third-order valence-electron chi connectivity index (χ3n) is 2.80. The Balaban J connectivity index is 1.79. The first kappa shape index (κ1) is 15.9. The van der Waals surface area contributed by atoms with E-state index in [2.05, 4.69) is 15.8 Å². The second kappa shape index (κ2) is 8.05. The van der Waals surface area contributed by atoms with Crippen molar-refractivity contribution >= 4 is 29.4 Å².